The summed E-state index contributed by atoms with van der Waals surface area (Å²) in [6, 6.07) is 3.65. The van der Waals surface area contributed by atoms with Crippen molar-refractivity contribution >= 4 is 36.3 Å². The van der Waals surface area contributed by atoms with Crippen LogP contribution >= 0.6 is 24.8 Å². The highest BCUT2D eigenvalue weighted by Gasteiger charge is 2.15. The van der Waals surface area contributed by atoms with Gasteiger partial charge in [0.15, 0.2) is 5.82 Å². The number of nitrogen functional groups attached to an aromatic ring is 1. The minimum absolute atomic E-state index is 0. The van der Waals surface area contributed by atoms with Crippen LogP contribution in [0, 0.1) is 0 Å². The number of rotatable bonds is 2. The number of hydrogen-bond acceptors (Lipinski definition) is 4. The summed E-state index contributed by atoms with van der Waals surface area (Å²) in [4.78, 5) is 6.63. The average molecular weight is 280 g/mol. The van der Waals surface area contributed by atoms with Crippen molar-refractivity contribution in [3.63, 3.8) is 0 Å². The first kappa shape index (κ1) is 16.1. The number of anilines is 2. The summed E-state index contributed by atoms with van der Waals surface area (Å²) in [5.41, 5.74) is 6.65. The standard InChI is InChI=1S/C11H17N3O.2ClH/c1-15-10-6-5-9(12)11(13-10)14-7-3-2-4-8-14;;/h5-6H,2-4,7-8,12H2,1H3;2*1H. The molecule has 0 spiro atoms. The number of nitrogens with two attached hydrogens (primary N) is 1. The summed E-state index contributed by atoms with van der Waals surface area (Å²) >= 11 is 0. The maximum Gasteiger partial charge on any atom is 0.215 e. The van der Waals surface area contributed by atoms with Gasteiger partial charge in [0, 0.05) is 19.2 Å². The normalized spacial score (nSPS) is 14.5. The second kappa shape index (κ2) is 7.45. The van der Waals surface area contributed by atoms with E-state index in [0.29, 0.717) is 5.88 Å². The second-order valence-electron chi connectivity index (χ2n) is 3.81. The number of methoxy groups -OCH3 is 1. The predicted octanol–water partition coefficient (Wildman–Crippen LogP) is 2.51. The molecule has 6 heteroatoms. The summed E-state index contributed by atoms with van der Waals surface area (Å²) in [5, 5.41) is 0. The highest BCUT2D eigenvalue weighted by atomic mass is 35.5. The quantitative estimate of drug-likeness (QED) is 0.904. The van der Waals surface area contributed by atoms with E-state index in [4.69, 9.17) is 10.5 Å². The van der Waals surface area contributed by atoms with E-state index in [-0.39, 0.29) is 24.8 Å². The van der Waals surface area contributed by atoms with E-state index in [2.05, 4.69) is 9.88 Å². The van der Waals surface area contributed by atoms with Gasteiger partial charge < -0.3 is 15.4 Å². The monoisotopic (exact) mass is 279 g/mol. The van der Waals surface area contributed by atoms with Crippen LogP contribution in [0.25, 0.3) is 0 Å². The number of nitrogens with zero attached hydrogens (tertiary/aromatic N) is 2. The smallest absolute Gasteiger partial charge is 0.215 e. The molecule has 2 rings (SSSR count). The fourth-order valence-corrected chi connectivity index (χ4v) is 1.91. The number of halogens is 2. The maximum atomic E-state index is 5.92. The van der Waals surface area contributed by atoms with Crippen molar-refractivity contribution in [3.05, 3.63) is 12.1 Å². The number of pyridine rings is 1. The van der Waals surface area contributed by atoms with Crippen molar-refractivity contribution in [2.45, 2.75) is 19.3 Å². The molecule has 1 aromatic heterocycles. The zero-order chi connectivity index (χ0) is 10.7. The van der Waals surface area contributed by atoms with Crippen LogP contribution in [0.5, 0.6) is 5.88 Å². The Labute approximate surface area is 114 Å². The summed E-state index contributed by atoms with van der Waals surface area (Å²) in [7, 11) is 1.62. The van der Waals surface area contributed by atoms with E-state index in [9.17, 15) is 0 Å². The SMILES string of the molecule is COc1ccc(N)c(N2CCCCC2)n1.Cl.Cl. The molecule has 2 heterocycles. The lowest BCUT2D eigenvalue weighted by Crippen LogP contribution is -2.30. The van der Waals surface area contributed by atoms with Crippen LogP contribution in [0.15, 0.2) is 12.1 Å². The predicted molar refractivity (Wildman–Crippen MR) is 75.8 cm³/mol. The van der Waals surface area contributed by atoms with E-state index >= 15 is 0 Å². The topological polar surface area (TPSA) is 51.4 Å². The van der Waals surface area contributed by atoms with Gasteiger partial charge in [0.05, 0.1) is 12.8 Å². The van der Waals surface area contributed by atoms with Crippen molar-refractivity contribution in [2.24, 2.45) is 0 Å². The molecule has 4 nitrogen and oxygen atoms in total. The van der Waals surface area contributed by atoms with Crippen molar-refractivity contribution < 1.29 is 4.74 Å². The first-order valence-corrected chi connectivity index (χ1v) is 5.37. The van der Waals surface area contributed by atoms with Crippen LogP contribution in [0.3, 0.4) is 0 Å². The minimum Gasteiger partial charge on any atom is -0.481 e. The molecule has 0 aromatic carbocycles. The first-order chi connectivity index (χ1) is 7.31. The van der Waals surface area contributed by atoms with E-state index < -0.39 is 0 Å². The maximum absolute atomic E-state index is 5.92. The van der Waals surface area contributed by atoms with Crippen LogP contribution in [-0.4, -0.2) is 25.2 Å². The van der Waals surface area contributed by atoms with Gasteiger partial charge in [-0.15, -0.1) is 24.8 Å². The second-order valence-corrected chi connectivity index (χ2v) is 3.81. The van der Waals surface area contributed by atoms with E-state index in [0.717, 1.165) is 24.6 Å². The zero-order valence-electron chi connectivity index (χ0n) is 9.89. The Kier molecular flexibility index (Phi) is 7.07. The third-order valence-corrected chi connectivity index (χ3v) is 2.74. The van der Waals surface area contributed by atoms with Crippen LogP contribution in [0.4, 0.5) is 11.5 Å². The molecule has 0 radical (unpaired) electrons. The van der Waals surface area contributed by atoms with Crippen LogP contribution in [0.2, 0.25) is 0 Å². The lowest BCUT2D eigenvalue weighted by molar-refractivity contribution is 0.397. The molecule has 1 aliphatic heterocycles. The molecule has 1 saturated heterocycles. The van der Waals surface area contributed by atoms with Crippen LogP contribution < -0.4 is 15.4 Å². The molecule has 0 amide bonds. The third-order valence-electron chi connectivity index (χ3n) is 2.74. The third kappa shape index (κ3) is 3.82. The molecule has 2 N–H and O–H groups in total. The Morgan fingerprint density at radius 1 is 1.18 bits per heavy atom. The molecular formula is C11H19Cl2N3O. The molecule has 0 unspecified atom stereocenters. The van der Waals surface area contributed by atoms with E-state index in [1.54, 1.807) is 13.2 Å². The van der Waals surface area contributed by atoms with Gasteiger partial charge in [0.1, 0.15) is 0 Å². The van der Waals surface area contributed by atoms with Gasteiger partial charge in [-0.05, 0) is 25.3 Å². The highest BCUT2D eigenvalue weighted by molar-refractivity contribution is 5.85. The first-order valence-electron chi connectivity index (χ1n) is 5.37. The molecule has 1 aliphatic rings. The molecule has 1 aromatic rings. The Hall–Kier alpha value is -0.870. The van der Waals surface area contributed by atoms with Crippen LogP contribution in [0.1, 0.15) is 19.3 Å². The molecule has 17 heavy (non-hydrogen) atoms. The molecule has 0 bridgehead atoms. The van der Waals surface area contributed by atoms with Gasteiger partial charge in [-0.2, -0.15) is 4.98 Å². The summed E-state index contributed by atoms with van der Waals surface area (Å²) in [6.07, 6.45) is 3.75. The summed E-state index contributed by atoms with van der Waals surface area (Å²) in [6.45, 7) is 2.09. The van der Waals surface area contributed by atoms with E-state index in [1.165, 1.54) is 19.3 Å². The zero-order valence-corrected chi connectivity index (χ0v) is 11.5. The van der Waals surface area contributed by atoms with Gasteiger partial charge in [-0.1, -0.05) is 0 Å². The average Bonchev–Trinajstić information content (AvgIpc) is 2.31. The van der Waals surface area contributed by atoms with Crippen LogP contribution in [-0.2, 0) is 0 Å². The molecule has 1 fully saturated rings. The Balaban J connectivity index is 0.00000128. The number of aromatic nitrogens is 1. The highest BCUT2D eigenvalue weighted by Crippen LogP contribution is 2.26. The van der Waals surface area contributed by atoms with Crippen molar-refractivity contribution in [1.82, 2.24) is 4.98 Å². The lowest BCUT2D eigenvalue weighted by Gasteiger charge is -2.28. The Bertz CT molecular complexity index is 343. The minimum atomic E-state index is 0. The fourth-order valence-electron chi connectivity index (χ4n) is 1.91. The Morgan fingerprint density at radius 3 is 2.41 bits per heavy atom. The van der Waals surface area contributed by atoms with Gasteiger partial charge in [0.25, 0.3) is 0 Å². The molecular weight excluding hydrogens is 261 g/mol. The number of hydrogen-bond donors (Lipinski definition) is 1. The van der Waals surface area contributed by atoms with Crippen molar-refractivity contribution in [3.8, 4) is 5.88 Å². The van der Waals surface area contributed by atoms with Gasteiger partial charge in [-0.25, -0.2) is 0 Å². The molecule has 0 aliphatic carbocycles. The Morgan fingerprint density at radius 2 is 1.82 bits per heavy atom. The van der Waals surface area contributed by atoms with Gasteiger partial charge >= 0.3 is 0 Å². The lowest BCUT2D eigenvalue weighted by atomic mass is 10.1. The largest absolute Gasteiger partial charge is 0.481 e. The molecule has 98 valence electrons. The fraction of sp³-hybridized carbons (Fsp3) is 0.545. The van der Waals surface area contributed by atoms with Gasteiger partial charge in [-0.3, -0.25) is 0 Å². The number of ether oxygens (including phenoxy) is 1. The summed E-state index contributed by atoms with van der Waals surface area (Å²) < 4.78 is 5.11. The molecule has 0 atom stereocenters. The van der Waals surface area contributed by atoms with Gasteiger partial charge in [0.2, 0.25) is 5.88 Å². The number of piperidine rings is 1. The van der Waals surface area contributed by atoms with Crippen molar-refractivity contribution in [2.75, 3.05) is 30.8 Å². The van der Waals surface area contributed by atoms with E-state index in [1.807, 2.05) is 6.07 Å². The van der Waals surface area contributed by atoms with Crippen molar-refractivity contribution in [1.29, 1.82) is 0 Å². The summed E-state index contributed by atoms with van der Waals surface area (Å²) in [5.74, 6) is 1.50. The molecule has 0 saturated carbocycles.